The van der Waals surface area contributed by atoms with E-state index in [1.165, 1.54) is 18.2 Å². The third-order valence-corrected chi connectivity index (χ3v) is 8.13. The number of carbonyl (C=O) groups is 1. The van der Waals surface area contributed by atoms with Crippen molar-refractivity contribution in [1.29, 1.82) is 0 Å². The highest BCUT2D eigenvalue weighted by molar-refractivity contribution is 7.92. The Kier molecular flexibility index (Phi) is 5.82. The fourth-order valence-corrected chi connectivity index (χ4v) is 5.69. The molecule has 0 radical (unpaired) electrons. The van der Waals surface area contributed by atoms with Crippen LogP contribution in [-0.4, -0.2) is 40.2 Å². The first-order valence-electron chi connectivity index (χ1n) is 11.0. The lowest BCUT2D eigenvalue weighted by Crippen LogP contribution is -2.38. The van der Waals surface area contributed by atoms with Gasteiger partial charge in [0.1, 0.15) is 24.8 Å². The SMILES string of the molecule is O=C(Nc1ccc2c(c1)N(S(=O)(=O)c1ccc(F)cc1)CCO2)OCC1(c2ccccc2)CC1(F)F. The molecule has 1 fully saturated rings. The van der Waals surface area contributed by atoms with Gasteiger partial charge in [0, 0.05) is 12.1 Å². The summed E-state index contributed by atoms with van der Waals surface area (Å²) in [5.41, 5.74) is -0.844. The first-order valence-corrected chi connectivity index (χ1v) is 12.5. The van der Waals surface area contributed by atoms with E-state index in [2.05, 4.69) is 5.32 Å². The number of hydrogen-bond acceptors (Lipinski definition) is 5. The Bertz CT molecular complexity index is 1400. The lowest BCUT2D eigenvalue weighted by molar-refractivity contribution is 0.0611. The number of benzene rings is 3. The average molecular weight is 519 g/mol. The van der Waals surface area contributed by atoms with Crippen LogP contribution < -0.4 is 14.4 Å². The zero-order valence-electron chi connectivity index (χ0n) is 18.8. The number of carbonyl (C=O) groups excluding carboxylic acids is 1. The highest BCUT2D eigenvalue weighted by atomic mass is 32.2. The van der Waals surface area contributed by atoms with Crippen LogP contribution >= 0.6 is 0 Å². The van der Waals surface area contributed by atoms with Crippen molar-refractivity contribution in [2.24, 2.45) is 0 Å². The maximum Gasteiger partial charge on any atom is 0.411 e. The molecule has 1 unspecified atom stereocenters. The molecule has 3 aromatic carbocycles. The van der Waals surface area contributed by atoms with Crippen molar-refractivity contribution < 1.29 is 35.9 Å². The number of fused-ring (bicyclic) bond motifs is 1. The second kappa shape index (κ2) is 8.74. The summed E-state index contributed by atoms with van der Waals surface area (Å²) >= 11 is 0. The van der Waals surface area contributed by atoms with Crippen LogP contribution in [-0.2, 0) is 20.2 Å². The summed E-state index contributed by atoms with van der Waals surface area (Å²) in [5, 5.41) is 2.46. The largest absolute Gasteiger partial charge is 0.489 e. The monoisotopic (exact) mass is 518 g/mol. The summed E-state index contributed by atoms with van der Waals surface area (Å²) in [6, 6.07) is 16.9. The molecule has 5 rings (SSSR count). The molecular weight excluding hydrogens is 497 g/mol. The lowest BCUT2D eigenvalue weighted by atomic mass is 9.96. The molecule has 3 aromatic rings. The fraction of sp³-hybridized carbons (Fsp3) is 0.240. The van der Waals surface area contributed by atoms with Gasteiger partial charge in [0.05, 0.1) is 22.5 Å². The molecule has 0 spiro atoms. The van der Waals surface area contributed by atoms with Crippen molar-refractivity contribution in [1.82, 2.24) is 0 Å². The summed E-state index contributed by atoms with van der Waals surface area (Å²) in [4.78, 5) is 12.3. The van der Waals surface area contributed by atoms with Gasteiger partial charge in [-0.1, -0.05) is 30.3 Å². The highest BCUT2D eigenvalue weighted by Crippen LogP contribution is 2.61. The molecule has 188 valence electrons. The van der Waals surface area contributed by atoms with Crippen LogP contribution in [0.5, 0.6) is 5.75 Å². The van der Waals surface area contributed by atoms with Gasteiger partial charge in [0.2, 0.25) is 0 Å². The van der Waals surface area contributed by atoms with E-state index in [0.29, 0.717) is 5.56 Å². The van der Waals surface area contributed by atoms with Gasteiger partial charge in [-0.05, 0) is 48.0 Å². The molecule has 36 heavy (non-hydrogen) atoms. The minimum absolute atomic E-state index is 0.00467. The van der Waals surface area contributed by atoms with E-state index in [0.717, 1.165) is 28.6 Å². The Labute approximate surface area is 205 Å². The molecule has 2 aliphatic rings. The van der Waals surface area contributed by atoms with Crippen LogP contribution in [0.4, 0.5) is 29.3 Å². The molecular formula is C25H21F3N2O5S. The smallest absolute Gasteiger partial charge is 0.411 e. The van der Waals surface area contributed by atoms with Crippen LogP contribution in [0.1, 0.15) is 12.0 Å². The Morgan fingerprint density at radius 2 is 1.75 bits per heavy atom. The van der Waals surface area contributed by atoms with Crippen LogP contribution in [0.3, 0.4) is 0 Å². The molecule has 1 N–H and O–H groups in total. The molecule has 1 amide bonds. The van der Waals surface area contributed by atoms with Gasteiger partial charge < -0.3 is 9.47 Å². The van der Waals surface area contributed by atoms with Gasteiger partial charge in [-0.2, -0.15) is 0 Å². The van der Waals surface area contributed by atoms with Crippen molar-refractivity contribution >= 4 is 27.5 Å². The standard InChI is InChI=1S/C25H21F3N2O5S/c26-18-6-9-20(10-7-18)36(32,33)30-12-13-34-22-11-8-19(14-21(22)30)29-23(31)35-16-24(15-25(24,27)28)17-4-2-1-3-5-17/h1-11,14H,12-13,15-16H2,(H,29,31). The number of rotatable bonds is 6. The second-order valence-corrected chi connectivity index (χ2v) is 10.5. The molecule has 7 nitrogen and oxygen atoms in total. The van der Waals surface area contributed by atoms with Gasteiger partial charge in [0.25, 0.3) is 15.9 Å². The van der Waals surface area contributed by atoms with E-state index in [9.17, 15) is 26.4 Å². The van der Waals surface area contributed by atoms with Crippen molar-refractivity contribution in [3.8, 4) is 5.75 Å². The molecule has 0 saturated heterocycles. The summed E-state index contributed by atoms with van der Waals surface area (Å²) in [7, 11) is -4.04. The summed E-state index contributed by atoms with van der Waals surface area (Å²) in [6.45, 7) is -0.428. The fourth-order valence-electron chi connectivity index (χ4n) is 4.24. The number of amides is 1. The number of ether oxygens (including phenoxy) is 2. The first kappa shape index (κ1) is 24.0. The molecule has 1 aliphatic carbocycles. The lowest BCUT2D eigenvalue weighted by Gasteiger charge is -2.30. The Morgan fingerprint density at radius 1 is 1.06 bits per heavy atom. The Hall–Kier alpha value is -3.73. The molecule has 1 saturated carbocycles. The number of anilines is 2. The molecule has 1 atom stereocenters. The van der Waals surface area contributed by atoms with Crippen molar-refractivity contribution in [3.63, 3.8) is 0 Å². The van der Waals surface area contributed by atoms with Crippen LogP contribution in [0, 0.1) is 5.82 Å². The number of sulfonamides is 1. The third-order valence-electron chi connectivity index (χ3n) is 6.30. The average Bonchev–Trinajstić information content (AvgIpc) is 3.45. The van der Waals surface area contributed by atoms with E-state index in [1.807, 2.05) is 0 Å². The maximum absolute atomic E-state index is 14.2. The first-order chi connectivity index (χ1) is 17.1. The number of alkyl halides is 2. The van der Waals surface area contributed by atoms with Gasteiger partial charge in [-0.3, -0.25) is 9.62 Å². The summed E-state index contributed by atoms with van der Waals surface area (Å²) < 4.78 is 79.9. The number of halogens is 3. The zero-order chi connectivity index (χ0) is 25.6. The molecule has 1 heterocycles. The van der Waals surface area contributed by atoms with Crippen LogP contribution in [0.15, 0.2) is 77.7 Å². The van der Waals surface area contributed by atoms with Crippen LogP contribution in [0.2, 0.25) is 0 Å². The normalized spacial score (nSPS) is 20.1. The number of nitrogens with one attached hydrogen (secondary N) is 1. The van der Waals surface area contributed by atoms with E-state index < -0.39 is 46.3 Å². The van der Waals surface area contributed by atoms with Gasteiger partial charge in [0.15, 0.2) is 0 Å². The Morgan fingerprint density at radius 3 is 2.42 bits per heavy atom. The van der Waals surface area contributed by atoms with Crippen molar-refractivity contribution in [2.45, 2.75) is 22.7 Å². The number of hydrogen-bond donors (Lipinski definition) is 1. The third kappa shape index (κ3) is 4.23. The summed E-state index contributed by atoms with van der Waals surface area (Å²) in [5.74, 6) is -3.29. The van der Waals surface area contributed by atoms with E-state index >= 15 is 0 Å². The molecule has 1 aliphatic heterocycles. The summed E-state index contributed by atoms with van der Waals surface area (Å²) in [6.07, 6.45) is -1.39. The Balaban J connectivity index is 1.33. The molecule has 0 bridgehead atoms. The molecule has 11 heteroatoms. The minimum Gasteiger partial charge on any atom is -0.489 e. The highest BCUT2D eigenvalue weighted by Gasteiger charge is 2.72. The quantitative estimate of drug-likeness (QED) is 0.500. The van der Waals surface area contributed by atoms with E-state index in [4.69, 9.17) is 9.47 Å². The van der Waals surface area contributed by atoms with Gasteiger partial charge >= 0.3 is 6.09 Å². The maximum atomic E-state index is 14.2. The van der Waals surface area contributed by atoms with Crippen LogP contribution in [0.25, 0.3) is 0 Å². The predicted octanol–water partition coefficient (Wildman–Crippen LogP) is 4.94. The molecule has 0 aromatic heterocycles. The number of nitrogens with zero attached hydrogens (tertiary/aromatic N) is 1. The van der Waals surface area contributed by atoms with E-state index in [1.54, 1.807) is 30.3 Å². The minimum atomic E-state index is -4.04. The second-order valence-electron chi connectivity index (χ2n) is 8.59. The zero-order valence-corrected chi connectivity index (χ0v) is 19.6. The van der Waals surface area contributed by atoms with Gasteiger partial charge in [-0.15, -0.1) is 0 Å². The van der Waals surface area contributed by atoms with Crippen molar-refractivity contribution in [3.05, 3.63) is 84.2 Å². The van der Waals surface area contributed by atoms with Crippen molar-refractivity contribution in [2.75, 3.05) is 29.4 Å². The topological polar surface area (TPSA) is 84.9 Å². The van der Waals surface area contributed by atoms with E-state index in [-0.39, 0.29) is 35.2 Å². The van der Waals surface area contributed by atoms with Gasteiger partial charge in [-0.25, -0.2) is 26.4 Å². The predicted molar refractivity (Wildman–Crippen MR) is 126 cm³/mol.